The van der Waals surface area contributed by atoms with Crippen molar-refractivity contribution < 1.29 is 13.2 Å². The number of nitrogens with one attached hydrogen (secondary N) is 1. The minimum Gasteiger partial charge on any atom is -0.301 e. The molecule has 0 spiro atoms. The summed E-state index contributed by atoms with van der Waals surface area (Å²) in [6.07, 6.45) is 1.55. The van der Waals surface area contributed by atoms with Crippen molar-refractivity contribution in [2.45, 2.75) is 31.1 Å². The number of hydrogen-bond acceptors (Lipinski definition) is 6. The average molecular weight is 340 g/mol. The zero-order valence-corrected chi connectivity index (χ0v) is 13.6. The summed E-state index contributed by atoms with van der Waals surface area (Å²) < 4.78 is 22.3. The van der Waals surface area contributed by atoms with Gasteiger partial charge in [-0.1, -0.05) is 30.4 Å². The summed E-state index contributed by atoms with van der Waals surface area (Å²) in [5, 5.41) is 16.9. The molecule has 9 heteroatoms. The Morgan fingerprint density at radius 3 is 2.50 bits per heavy atom. The maximum absolute atomic E-state index is 11.8. The summed E-state index contributed by atoms with van der Waals surface area (Å²) in [4.78, 5) is 11.9. The third kappa shape index (κ3) is 4.58. The summed E-state index contributed by atoms with van der Waals surface area (Å²) in [6.45, 7) is 1.97. The minimum absolute atomic E-state index is 0.0571. The van der Waals surface area contributed by atoms with Crippen LogP contribution in [0.25, 0.3) is 0 Å². The van der Waals surface area contributed by atoms with Crippen molar-refractivity contribution in [1.29, 1.82) is 0 Å². The molecule has 0 fully saturated rings. The third-order valence-electron chi connectivity index (χ3n) is 2.91. The van der Waals surface area contributed by atoms with E-state index >= 15 is 0 Å². The van der Waals surface area contributed by atoms with Gasteiger partial charge in [-0.25, -0.2) is 13.6 Å². The molecule has 0 bridgehead atoms. The van der Waals surface area contributed by atoms with Gasteiger partial charge in [-0.2, -0.15) is 0 Å². The SMILES string of the molecule is CCc1nnc(NC(=O)CCc2ccc(S(N)(=O)=O)cc2)s1. The predicted octanol–water partition coefficient (Wildman–Crippen LogP) is 1.32. The highest BCUT2D eigenvalue weighted by molar-refractivity contribution is 7.89. The molecule has 1 aromatic heterocycles. The van der Waals surface area contributed by atoms with Crippen molar-refractivity contribution in [3.8, 4) is 0 Å². The number of benzene rings is 1. The molecule has 2 aromatic rings. The molecule has 1 heterocycles. The van der Waals surface area contributed by atoms with Crippen LogP contribution in [-0.2, 0) is 27.7 Å². The van der Waals surface area contributed by atoms with E-state index in [1.165, 1.54) is 23.5 Å². The molecule has 1 amide bonds. The standard InChI is InChI=1S/C13H16N4O3S2/c1-2-12-16-17-13(21-12)15-11(18)8-5-9-3-6-10(7-4-9)22(14,19)20/h3-4,6-7H,2,5,8H2,1H3,(H2,14,19,20)(H,15,17,18). The largest absolute Gasteiger partial charge is 0.301 e. The van der Waals surface area contributed by atoms with Gasteiger partial charge in [0.15, 0.2) is 0 Å². The number of carbonyl (C=O) groups excluding carboxylic acids is 1. The van der Waals surface area contributed by atoms with Gasteiger partial charge in [0.1, 0.15) is 5.01 Å². The lowest BCUT2D eigenvalue weighted by molar-refractivity contribution is -0.116. The van der Waals surface area contributed by atoms with Crippen LogP contribution in [0.5, 0.6) is 0 Å². The van der Waals surface area contributed by atoms with Crippen molar-refractivity contribution in [1.82, 2.24) is 10.2 Å². The smallest absolute Gasteiger partial charge is 0.238 e. The maximum Gasteiger partial charge on any atom is 0.238 e. The number of aryl methyl sites for hydroxylation is 2. The van der Waals surface area contributed by atoms with Gasteiger partial charge in [0.2, 0.25) is 21.1 Å². The van der Waals surface area contributed by atoms with Crippen LogP contribution in [0.15, 0.2) is 29.2 Å². The fourth-order valence-corrected chi connectivity index (χ4v) is 2.94. The first-order chi connectivity index (χ1) is 10.4. The fourth-order valence-electron chi connectivity index (χ4n) is 1.73. The number of sulfonamides is 1. The molecule has 118 valence electrons. The van der Waals surface area contributed by atoms with E-state index in [9.17, 15) is 13.2 Å². The Hall–Kier alpha value is -1.84. The summed E-state index contributed by atoms with van der Waals surface area (Å²) in [5.41, 5.74) is 0.856. The predicted molar refractivity (Wildman–Crippen MR) is 84.1 cm³/mol. The van der Waals surface area contributed by atoms with Crippen LogP contribution in [-0.4, -0.2) is 24.5 Å². The number of primary sulfonamides is 1. The van der Waals surface area contributed by atoms with Crippen LogP contribution in [0.3, 0.4) is 0 Å². The van der Waals surface area contributed by atoms with Crippen LogP contribution in [0.2, 0.25) is 0 Å². The topological polar surface area (TPSA) is 115 Å². The van der Waals surface area contributed by atoms with Crippen LogP contribution in [0.4, 0.5) is 5.13 Å². The van der Waals surface area contributed by atoms with Gasteiger partial charge in [0.25, 0.3) is 0 Å². The number of anilines is 1. The highest BCUT2D eigenvalue weighted by atomic mass is 32.2. The third-order valence-corrected chi connectivity index (χ3v) is 4.82. The van der Waals surface area contributed by atoms with Gasteiger partial charge in [-0.3, -0.25) is 4.79 Å². The number of hydrogen-bond donors (Lipinski definition) is 2. The molecule has 0 aliphatic heterocycles. The van der Waals surface area contributed by atoms with E-state index in [2.05, 4.69) is 15.5 Å². The lowest BCUT2D eigenvalue weighted by Crippen LogP contribution is -2.13. The number of nitrogens with zero attached hydrogens (tertiary/aromatic N) is 2. The van der Waals surface area contributed by atoms with Gasteiger partial charge in [-0.05, 0) is 30.5 Å². The number of carbonyl (C=O) groups is 1. The van der Waals surface area contributed by atoms with Crippen molar-refractivity contribution in [2.75, 3.05) is 5.32 Å². The van der Waals surface area contributed by atoms with E-state index in [4.69, 9.17) is 5.14 Å². The zero-order valence-electron chi connectivity index (χ0n) is 11.9. The van der Waals surface area contributed by atoms with Crippen molar-refractivity contribution >= 4 is 32.4 Å². The Balaban J connectivity index is 1.88. The first-order valence-corrected chi connectivity index (χ1v) is 8.98. The second-order valence-electron chi connectivity index (χ2n) is 4.59. The molecule has 1 aromatic carbocycles. The molecule has 22 heavy (non-hydrogen) atoms. The highest BCUT2D eigenvalue weighted by Crippen LogP contribution is 2.16. The van der Waals surface area contributed by atoms with E-state index in [1.807, 2.05) is 6.92 Å². The Morgan fingerprint density at radius 1 is 1.27 bits per heavy atom. The maximum atomic E-state index is 11.8. The van der Waals surface area contributed by atoms with Gasteiger partial charge in [0, 0.05) is 6.42 Å². The van der Waals surface area contributed by atoms with Crippen LogP contribution in [0.1, 0.15) is 23.9 Å². The number of amides is 1. The first kappa shape index (κ1) is 16.5. The lowest BCUT2D eigenvalue weighted by atomic mass is 10.1. The molecule has 2 rings (SSSR count). The zero-order chi connectivity index (χ0) is 16.2. The second kappa shape index (κ2) is 6.95. The molecular weight excluding hydrogens is 324 g/mol. The lowest BCUT2D eigenvalue weighted by Gasteiger charge is -2.03. The number of aromatic nitrogens is 2. The van der Waals surface area contributed by atoms with E-state index in [-0.39, 0.29) is 17.2 Å². The van der Waals surface area contributed by atoms with E-state index in [1.54, 1.807) is 12.1 Å². The highest BCUT2D eigenvalue weighted by Gasteiger charge is 2.09. The fraction of sp³-hybridized carbons (Fsp3) is 0.308. The Bertz CT molecular complexity index is 754. The molecule has 7 nitrogen and oxygen atoms in total. The monoisotopic (exact) mass is 340 g/mol. The summed E-state index contributed by atoms with van der Waals surface area (Å²) in [6, 6.07) is 6.15. The molecular formula is C13H16N4O3S2. The van der Waals surface area contributed by atoms with Crippen molar-refractivity contribution in [3.63, 3.8) is 0 Å². The number of rotatable bonds is 6. The Labute approximate surface area is 132 Å². The molecule has 0 saturated carbocycles. The van der Waals surface area contributed by atoms with E-state index in [0.717, 1.165) is 17.0 Å². The first-order valence-electron chi connectivity index (χ1n) is 6.62. The van der Waals surface area contributed by atoms with Gasteiger partial charge < -0.3 is 5.32 Å². The molecule has 0 radical (unpaired) electrons. The normalized spacial score (nSPS) is 11.4. The average Bonchev–Trinajstić information content (AvgIpc) is 2.92. The molecule has 0 atom stereocenters. The second-order valence-corrected chi connectivity index (χ2v) is 7.22. The van der Waals surface area contributed by atoms with E-state index < -0.39 is 10.0 Å². The molecule has 0 aliphatic carbocycles. The summed E-state index contributed by atoms with van der Waals surface area (Å²) in [7, 11) is -3.68. The van der Waals surface area contributed by atoms with Gasteiger partial charge >= 0.3 is 0 Å². The molecule has 0 aliphatic rings. The van der Waals surface area contributed by atoms with Crippen molar-refractivity contribution in [2.24, 2.45) is 5.14 Å². The van der Waals surface area contributed by atoms with Gasteiger partial charge in [-0.15, -0.1) is 10.2 Å². The molecule has 3 N–H and O–H groups in total. The van der Waals surface area contributed by atoms with Gasteiger partial charge in [0.05, 0.1) is 4.90 Å². The minimum atomic E-state index is -3.68. The summed E-state index contributed by atoms with van der Waals surface area (Å²) >= 11 is 1.35. The van der Waals surface area contributed by atoms with Crippen LogP contribution >= 0.6 is 11.3 Å². The van der Waals surface area contributed by atoms with Crippen LogP contribution in [0, 0.1) is 0 Å². The quantitative estimate of drug-likeness (QED) is 0.823. The Kier molecular flexibility index (Phi) is 5.22. The molecule has 0 saturated heterocycles. The number of nitrogens with two attached hydrogens (primary N) is 1. The van der Waals surface area contributed by atoms with Crippen LogP contribution < -0.4 is 10.5 Å². The Morgan fingerprint density at radius 2 is 1.95 bits per heavy atom. The van der Waals surface area contributed by atoms with E-state index in [0.29, 0.717) is 11.6 Å². The van der Waals surface area contributed by atoms with Crippen molar-refractivity contribution in [3.05, 3.63) is 34.8 Å². The summed E-state index contributed by atoms with van der Waals surface area (Å²) in [5.74, 6) is -0.158. The molecule has 0 unspecified atom stereocenters.